The molecule has 0 N–H and O–H groups in total. The van der Waals surface area contributed by atoms with Crippen LogP contribution in [0.25, 0.3) is 0 Å². The van der Waals surface area contributed by atoms with Gasteiger partial charge in [-0.3, -0.25) is 19.3 Å². The van der Waals surface area contributed by atoms with Crippen LogP contribution in [0, 0.1) is 0 Å². The van der Waals surface area contributed by atoms with E-state index in [0.29, 0.717) is 22.5 Å². The summed E-state index contributed by atoms with van der Waals surface area (Å²) in [4.78, 5) is 48.6. The molecule has 9 heteroatoms. The van der Waals surface area contributed by atoms with Crippen molar-refractivity contribution in [2.45, 2.75) is 33.4 Å². The lowest BCUT2D eigenvalue weighted by Crippen LogP contribution is -2.39. The molecule has 0 saturated carbocycles. The van der Waals surface area contributed by atoms with E-state index in [1.54, 1.807) is 36.1 Å². The van der Waals surface area contributed by atoms with Crippen molar-refractivity contribution in [1.82, 2.24) is 14.9 Å². The zero-order chi connectivity index (χ0) is 21.1. The van der Waals surface area contributed by atoms with Crippen LogP contribution >= 0.6 is 11.6 Å². The Balaban J connectivity index is 1.94. The van der Waals surface area contributed by atoms with Crippen molar-refractivity contribution in [2.75, 3.05) is 18.1 Å². The van der Waals surface area contributed by atoms with E-state index in [2.05, 4.69) is 9.97 Å². The van der Waals surface area contributed by atoms with Gasteiger partial charge in [0.05, 0.1) is 24.3 Å². The molecule has 29 heavy (non-hydrogen) atoms. The number of esters is 1. The van der Waals surface area contributed by atoms with Gasteiger partial charge in [-0.25, -0.2) is 9.97 Å². The summed E-state index contributed by atoms with van der Waals surface area (Å²) in [6.07, 6.45) is 1.47. The number of anilines is 1. The fourth-order valence-electron chi connectivity index (χ4n) is 3.14. The highest BCUT2D eigenvalue weighted by Crippen LogP contribution is 2.28. The number of benzene rings is 1. The van der Waals surface area contributed by atoms with Crippen molar-refractivity contribution >= 4 is 35.2 Å². The van der Waals surface area contributed by atoms with Gasteiger partial charge in [0.15, 0.2) is 0 Å². The Labute approximate surface area is 173 Å². The lowest BCUT2D eigenvalue weighted by atomic mass is 10.1. The van der Waals surface area contributed by atoms with Gasteiger partial charge in [0, 0.05) is 17.8 Å². The number of amides is 2. The molecule has 8 nitrogen and oxygen atoms in total. The van der Waals surface area contributed by atoms with Crippen LogP contribution in [0.1, 0.15) is 47.1 Å². The van der Waals surface area contributed by atoms with Crippen LogP contribution < -0.4 is 4.90 Å². The van der Waals surface area contributed by atoms with Gasteiger partial charge in [-0.2, -0.15) is 0 Å². The van der Waals surface area contributed by atoms with Crippen molar-refractivity contribution in [3.05, 3.63) is 52.4 Å². The highest BCUT2D eigenvalue weighted by molar-refractivity contribution is 6.28. The average molecular weight is 417 g/mol. The van der Waals surface area contributed by atoms with Gasteiger partial charge in [0.25, 0.3) is 11.8 Å². The van der Waals surface area contributed by atoms with Gasteiger partial charge in [-0.1, -0.05) is 12.1 Å². The number of carbonyl (C=O) groups excluding carboxylic acids is 3. The zero-order valence-corrected chi connectivity index (χ0v) is 17.1. The second-order valence-corrected chi connectivity index (χ2v) is 7.09. The Hall–Kier alpha value is -3.00. The molecule has 2 amide bonds. The normalized spacial score (nSPS) is 13.1. The molecule has 0 fully saturated rings. The minimum absolute atomic E-state index is 0.000574. The molecule has 3 rings (SSSR count). The summed E-state index contributed by atoms with van der Waals surface area (Å²) in [5, 5.41) is 0.000574. The number of nitrogens with zero attached hydrogens (tertiary/aromatic N) is 4. The van der Waals surface area contributed by atoms with Crippen LogP contribution in [-0.4, -0.2) is 51.8 Å². The number of rotatable bonds is 7. The van der Waals surface area contributed by atoms with Crippen LogP contribution in [-0.2, 0) is 16.1 Å². The summed E-state index contributed by atoms with van der Waals surface area (Å²) in [5.41, 5.74) is 1.23. The number of fused-ring (bicyclic) bond motifs is 1. The molecule has 0 bridgehead atoms. The van der Waals surface area contributed by atoms with E-state index in [0.717, 1.165) is 4.90 Å². The molecule has 0 unspecified atom stereocenters. The second kappa shape index (κ2) is 8.57. The first-order valence-electron chi connectivity index (χ1n) is 9.22. The Bertz CT molecular complexity index is 928. The van der Waals surface area contributed by atoms with Gasteiger partial charge in [-0.05, 0) is 44.5 Å². The minimum atomic E-state index is -0.414. The van der Waals surface area contributed by atoms with E-state index in [1.807, 2.05) is 13.8 Å². The first-order chi connectivity index (χ1) is 13.8. The summed E-state index contributed by atoms with van der Waals surface area (Å²) < 4.78 is 5.05. The van der Waals surface area contributed by atoms with Crippen LogP contribution in [0.3, 0.4) is 0 Å². The van der Waals surface area contributed by atoms with Gasteiger partial charge in [-0.15, -0.1) is 0 Å². The highest BCUT2D eigenvalue weighted by atomic mass is 35.5. The van der Waals surface area contributed by atoms with Gasteiger partial charge in [0.1, 0.15) is 12.4 Å². The quantitative estimate of drug-likeness (QED) is 0.389. The highest BCUT2D eigenvalue weighted by Gasteiger charge is 2.36. The Morgan fingerprint density at radius 3 is 2.38 bits per heavy atom. The van der Waals surface area contributed by atoms with Crippen molar-refractivity contribution in [2.24, 2.45) is 0 Å². The van der Waals surface area contributed by atoms with E-state index in [-0.39, 0.29) is 42.8 Å². The van der Waals surface area contributed by atoms with Crippen LogP contribution in [0.15, 0.2) is 30.5 Å². The fourth-order valence-corrected chi connectivity index (χ4v) is 3.27. The average Bonchev–Trinajstić information content (AvgIpc) is 2.92. The molecular weight excluding hydrogens is 396 g/mol. The zero-order valence-electron chi connectivity index (χ0n) is 16.4. The summed E-state index contributed by atoms with van der Waals surface area (Å²) in [5.74, 6) is -0.798. The van der Waals surface area contributed by atoms with Crippen molar-refractivity contribution in [1.29, 1.82) is 0 Å². The van der Waals surface area contributed by atoms with Gasteiger partial charge >= 0.3 is 5.97 Å². The standard InChI is InChI=1S/C20H21ClN4O4/c1-4-29-16(26)11-24(12(2)3)17-13(9-22-20(21)23-17)10-25-18(27)14-7-5-6-8-15(14)19(25)28/h5-9,12H,4,10-11H2,1-3H3. The third-order valence-corrected chi connectivity index (χ3v) is 4.70. The number of halogens is 1. The SMILES string of the molecule is CCOC(=O)CN(c1nc(Cl)ncc1CN1C(=O)c2ccccc2C1=O)C(C)C. The predicted molar refractivity (Wildman–Crippen MR) is 107 cm³/mol. The van der Waals surface area contributed by atoms with Gasteiger partial charge in [0.2, 0.25) is 5.28 Å². The third kappa shape index (κ3) is 4.22. The number of imide groups is 1. The number of hydrogen-bond donors (Lipinski definition) is 0. The minimum Gasteiger partial charge on any atom is -0.465 e. The summed E-state index contributed by atoms with van der Waals surface area (Å²) >= 11 is 6.00. The van der Waals surface area contributed by atoms with E-state index < -0.39 is 5.97 Å². The van der Waals surface area contributed by atoms with Crippen molar-refractivity contribution < 1.29 is 19.1 Å². The molecule has 1 aromatic carbocycles. The maximum atomic E-state index is 12.7. The first kappa shape index (κ1) is 20.7. The molecule has 1 aliphatic heterocycles. The number of ether oxygens (including phenoxy) is 1. The Morgan fingerprint density at radius 1 is 1.21 bits per heavy atom. The molecule has 0 radical (unpaired) electrons. The number of carbonyl (C=O) groups is 3. The molecule has 0 saturated heterocycles. The van der Waals surface area contributed by atoms with Crippen molar-refractivity contribution in [3.8, 4) is 0 Å². The molecule has 1 aliphatic rings. The lowest BCUT2D eigenvalue weighted by molar-refractivity contribution is -0.141. The number of aromatic nitrogens is 2. The van der Waals surface area contributed by atoms with Crippen LogP contribution in [0.2, 0.25) is 5.28 Å². The molecule has 2 aromatic rings. The molecular formula is C20H21ClN4O4. The maximum Gasteiger partial charge on any atom is 0.325 e. The molecule has 0 aliphatic carbocycles. The molecule has 0 spiro atoms. The largest absolute Gasteiger partial charge is 0.465 e. The Morgan fingerprint density at radius 2 is 1.83 bits per heavy atom. The molecule has 2 heterocycles. The van der Waals surface area contributed by atoms with Crippen molar-refractivity contribution in [3.63, 3.8) is 0 Å². The van der Waals surface area contributed by atoms with Gasteiger partial charge < -0.3 is 9.64 Å². The van der Waals surface area contributed by atoms with E-state index in [4.69, 9.17) is 16.3 Å². The first-order valence-corrected chi connectivity index (χ1v) is 9.60. The third-order valence-electron chi connectivity index (χ3n) is 4.52. The van der Waals surface area contributed by atoms with E-state index in [9.17, 15) is 14.4 Å². The monoisotopic (exact) mass is 416 g/mol. The van der Waals surface area contributed by atoms with Crippen LogP contribution in [0.5, 0.6) is 0 Å². The lowest BCUT2D eigenvalue weighted by Gasteiger charge is -2.29. The van der Waals surface area contributed by atoms with E-state index in [1.165, 1.54) is 6.20 Å². The summed E-state index contributed by atoms with van der Waals surface area (Å²) in [7, 11) is 0. The molecule has 152 valence electrons. The second-order valence-electron chi connectivity index (χ2n) is 6.76. The van der Waals surface area contributed by atoms with Crippen LogP contribution in [0.4, 0.5) is 5.82 Å². The topological polar surface area (TPSA) is 92.7 Å². The fraction of sp³-hybridized carbons (Fsp3) is 0.350. The predicted octanol–water partition coefficient (Wildman–Crippen LogP) is 2.70. The smallest absolute Gasteiger partial charge is 0.325 e. The number of hydrogen-bond acceptors (Lipinski definition) is 7. The molecule has 1 aromatic heterocycles. The van der Waals surface area contributed by atoms with E-state index >= 15 is 0 Å². The Kier molecular flexibility index (Phi) is 6.12. The molecule has 0 atom stereocenters. The summed E-state index contributed by atoms with van der Waals surface area (Å²) in [6.45, 7) is 5.69. The summed E-state index contributed by atoms with van der Waals surface area (Å²) in [6, 6.07) is 6.55. The maximum absolute atomic E-state index is 12.7.